The van der Waals surface area contributed by atoms with Crippen LogP contribution in [0, 0.1) is 11.8 Å². The monoisotopic (exact) mass is 679 g/mol. The van der Waals surface area contributed by atoms with E-state index in [2.05, 4.69) is 152 Å². The summed E-state index contributed by atoms with van der Waals surface area (Å²) < 4.78 is 6.43. The summed E-state index contributed by atoms with van der Waals surface area (Å²) in [5.74, 6) is 2.54. The van der Waals surface area contributed by atoms with Crippen molar-refractivity contribution >= 4 is 27.5 Å². The van der Waals surface area contributed by atoms with Crippen molar-refractivity contribution in [2.75, 3.05) is 0 Å². The molecule has 6 aromatic carbocycles. The van der Waals surface area contributed by atoms with Crippen molar-refractivity contribution < 1.29 is 4.42 Å². The molecule has 0 aliphatic heterocycles. The molecule has 0 saturated heterocycles. The Hall–Kier alpha value is -6.91. The van der Waals surface area contributed by atoms with Gasteiger partial charge in [-0.1, -0.05) is 170 Å². The van der Waals surface area contributed by atoms with Crippen LogP contribution in [0.3, 0.4) is 0 Å². The van der Waals surface area contributed by atoms with Crippen molar-refractivity contribution in [3.05, 3.63) is 194 Å². The Labute approximate surface area is 307 Å². The Bertz CT molecular complexity index is 2760. The predicted octanol–water partition coefficient (Wildman–Crippen LogP) is 12.4. The third kappa shape index (κ3) is 5.62. The lowest BCUT2D eigenvalue weighted by Gasteiger charge is -2.27. The van der Waals surface area contributed by atoms with Gasteiger partial charge in [-0.05, 0) is 51.6 Å². The number of rotatable bonds is 6. The molecule has 8 aromatic rings. The summed E-state index contributed by atoms with van der Waals surface area (Å²) >= 11 is 0. The Morgan fingerprint density at radius 1 is 0.415 bits per heavy atom. The molecule has 0 spiro atoms. The molecule has 2 aliphatic rings. The highest BCUT2D eigenvalue weighted by atomic mass is 16.3. The third-order valence-corrected chi connectivity index (χ3v) is 10.4. The molecule has 2 unspecified atom stereocenters. The molecule has 10 rings (SSSR count). The maximum Gasteiger partial charge on any atom is 0.165 e. The first-order valence-corrected chi connectivity index (χ1v) is 18.0. The second kappa shape index (κ2) is 13.0. The number of para-hydroxylation sites is 1. The molecule has 0 bridgehead atoms. The van der Waals surface area contributed by atoms with Gasteiger partial charge in [-0.3, -0.25) is 0 Å². The van der Waals surface area contributed by atoms with Crippen LogP contribution < -0.4 is 0 Å². The molecule has 0 saturated carbocycles. The van der Waals surface area contributed by atoms with Crippen molar-refractivity contribution in [2.24, 2.45) is 11.8 Å². The highest BCUT2D eigenvalue weighted by Gasteiger charge is 2.25. The predicted molar refractivity (Wildman–Crippen MR) is 217 cm³/mol. The molecule has 0 radical (unpaired) electrons. The lowest BCUT2D eigenvalue weighted by molar-refractivity contribution is 0.669. The number of hydrogen-bond donors (Lipinski definition) is 0. The maximum atomic E-state index is 6.43. The van der Waals surface area contributed by atoms with E-state index in [9.17, 15) is 0 Å². The van der Waals surface area contributed by atoms with E-state index in [1.54, 1.807) is 0 Å². The maximum absolute atomic E-state index is 6.43. The fraction of sp³-hybridized carbons (Fsp3) is 0.0408. The topological polar surface area (TPSA) is 51.8 Å². The number of nitrogens with zero attached hydrogens (tertiary/aromatic N) is 3. The van der Waals surface area contributed by atoms with Gasteiger partial charge in [-0.2, -0.15) is 0 Å². The van der Waals surface area contributed by atoms with E-state index in [0.29, 0.717) is 29.3 Å². The first kappa shape index (κ1) is 30.9. The van der Waals surface area contributed by atoms with Gasteiger partial charge >= 0.3 is 0 Å². The van der Waals surface area contributed by atoms with Crippen LogP contribution in [0.5, 0.6) is 0 Å². The fourth-order valence-corrected chi connectivity index (χ4v) is 7.71. The van der Waals surface area contributed by atoms with E-state index in [4.69, 9.17) is 19.4 Å². The van der Waals surface area contributed by atoms with Crippen molar-refractivity contribution in [2.45, 2.75) is 0 Å². The molecule has 53 heavy (non-hydrogen) atoms. The molecule has 2 aliphatic carbocycles. The number of furan rings is 1. The number of aromatic nitrogens is 3. The van der Waals surface area contributed by atoms with Gasteiger partial charge in [0.05, 0.1) is 0 Å². The normalized spacial score (nSPS) is 16.2. The zero-order valence-electron chi connectivity index (χ0n) is 28.8. The first-order valence-electron chi connectivity index (χ1n) is 18.0. The molecule has 2 atom stereocenters. The van der Waals surface area contributed by atoms with Crippen LogP contribution in [0.25, 0.3) is 83.9 Å². The molecule has 250 valence electrons. The van der Waals surface area contributed by atoms with Gasteiger partial charge in [-0.15, -0.1) is 0 Å². The fourth-order valence-electron chi connectivity index (χ4n) is 7.71. The molecule has 0 fully saturated rings. The van der Waals surface area contributed by atoms with Crippen LogP contribution in [0.2, 0.25) is 0 Å². The first-order chi connectivity index (χ1) is 26.3. The number of benzene rings is 6. The Balaban J connectivity index is 1.16. The van der Waals surface area contributed by atoms with E-state index in [-0.39, 0.29) is 0 Å². The van der Waals surface area contributed by atoms with Crippen LogP contribution in [-0.4, -0.2) is 15.0 Å². The molecule has 4 nitrogen and oxygen atoms in total. The Kier molecular flexibility index (Phi) is 7.58. The van der Waals surface area contributed by atoms with E-state index in [1.807, 2.05) is 36.4 Å². The third-order valence-electron chi connectivity index (χ3n) is 10.4. The van der Waals surface area contributed by atoms with Gasteiger partial charge < -0.3 is 4.42 Å². The van der Waals surface area contributed by atoms with Gasteiger partial charge in [0.2, 0.25) is 0 Å². The van der Waals surface area contributed by atoms with Crippen LogP contribution >= 0.6 is 0 Å². The van der Waals surface area contributed by atoms with Crippen LogP contribution in [0.1, 0.15) is 5.56 Å². The molecular weight excluding hydrogens is 647 g/mol. The van der Waals surface area contributed by atoms with E-state index in [1.165, 1.54) is 16.7 Å². The summed E-state index contributed by atoms with van der Waals surface area (Å²) in [4.78, 5) is 15.6. The number of hydrogen-bond acceptors (Lipinski definition) is 4. The standard InChI is InChI=1S/C49H33N3O/c1-3-12-32(13-4-1)33-22-24-36(25-23-33)41-30-31-44-45(42-19-9-10-21-43(42)53-44)46(41)49-51-47(37-15-5-2-6-16-37)50-48(52-49)38-28-26-35(27-29-38)40-20-11-17-34-14-7-8-18-39(34)40/h1-31,34,39H. The molecule has 2 heterocycles. The van der Waals surface area contributed by atoms with Gasteiger partial charge in [0, 0.05) is 39.3 Å². The van der Waals surface area contributed by atoms with Gasteiger partial charge in [-0.25, -0.2) is 15.0 Å². The highest BCUT2D eigenvalue weighted by Crippen LogP contribution is 2.43. The SMILES string of the molecule is C1=CC2C=CC=C(c3ccc(-c4nc(-c5ccccc5)nc(-c5c(-c6ccc(-c7ccccc7)cc6)ccc6oc7ccccc7c56)n4)cc3)C2C=C1. The average Bonchev–Trinajstić information content (AvgIpc) is 3.63. The summed E-state index contributed by atoms with van der Waals surface area (Å²) in [6.07, 6.45) is 15.5. The van der Waals surface area contributed by atoms with E-state index < -0.39 is 0 Å². The van der Waals surface area contributed by atoms with E-state index in [0.717, 1.165) is 55.3 Å². The largest absolute Gasteiger partial charge is 0.456 e. The Morgan fingerprint density at radius 2 is 0.981 bits per heavy atom. The second-order valence-corrected chi connectivity index (χ2v) is 13.5. The second-order valence-electron chi connectivity index (χ2n) is 13.5. The van der Waals surface area contributed by atoms with Gasteiger partial charge in [0.1, 0.15) is 11.2 Å². The summed E-state index contributed by atoms with van der Waals surface area (Å²) in [7, 11) is 0. The number of fused-ring (bicyclic) bond motifs is 4. The van der Waals surface area contributed by atoms with Crippen molar-refractivity contribution in [3.63, 3.8) is 0 Å². The average molecular weight is 680 g/mol. The Morgan fingerprint density at radius 3 is 1.75 bits per heavy atom. The quantitative estimate of drug-likeness (QED) is 0.175. The highest BCUT2D eigenvalue weighted by molar-refractivity contribution is 6.15. The molecule has 0 amide bonds. The van der Waals surface area contributed by atoms with Crippen LogP contribution in [-0.2, 0) is 0 Å². The van der Waals surface area contributed by atoms with Gasteiger partial charge in [0.25, 0.3) is 0 Å². The molecule has 2 aromatic heterocycles. The van der Waals surface area contributed by atoms with Crippen molar-refractivity contribution in [3.8, 4) is 56.4 Å². The van der Waals surface area contributed by atoms with E-state index >= 15 is 0 Å². The molecular formula is C49H33N3O. The smallest absolute Gasteiger partial charge is 0.165 e. The molecule has 0 N–H and O–H groups in total. The van der Waals surface area contributed by atoms with Crippen molar-refractivity contribution in [1.29, 1.82) is 0 Å². The number of allylic oxidation sites excluding steroid dienone is 8. The zero-order chi connectivity index (χ0) is 35.1. The summed E-state index contributed by atoms with van der Waals surface area (Å²) in [5.41, 5.74) is 11.3. The lowest BCUT2D eigenvalue weighted by atomic mass is 9.77. The zero-order valence-corrected chi connectivity index (χ0v) is 28.8. The van der Waals surface area contributed by atoms with Crippen LogP contribution in [0.15, 0.2) is 193 Å². The minimum atomic E-state index is 0.328. The summed E-state index contributed by atoms with van der Waals surface area (Å²) in [6, 6.07) is 50.4. The van der Waals surface area contributed by atoms with Crippen molar-refractivity contribution in [1.82, 2.24) is 15.0 Å². The molecule has 4 heteroatoms. The minimum Gasteiger partial charge on any atom is -0.456 e. The summed E-state index contributed by atoms with van der Waals surface area (Å²) in [6.45, 7) is 0. The summed E-state index contributed by atoms with van der Waals surface area (Å²) in [5, 5.41) is 2.01. The minimum absolute atomic E-state index is 0.328. The van der Waals surface area contributed by atoms with Gasteiger partial charge in [0.15, 0.2) is 17.5 Å². The lowest BCUT2D eigenvalue weighted by Crippen LogP contribution is -2.14. The van der Waals surface area contributed by atoms with Crippen LogP contribution in [0.4, 0.5) is 0 Å².